The highest BCUT2D eigenvalue weighted by atomic mass is 15.2. The first kappa shape index (κ1) is 12.4. The molecule has 1 aliphatic heterocycles. The highest BCUT2D eigenvalue weighted by molar-refractivity contribution is 5.40. The lowest BCUT2D eigenvalue weighted by molar-refractivity contribution is 0.263. The van der Waals surface area contributed by atoms with Gasteiger partial charge in [0.25, 0.3) is 0 Å². The molecule has 1 aliphatic rings. The molecule has 1 aromatic heterocycles. The predicted octanol–water partition coefficient (Wildman–Crippen LogP) is 2.41. The summed E-state index contributed by atoms with van der Waals surface area (Å²) in [6.45, 7) is 9.79. The third kappa shape index (κ3) is 2.78. The second-order valence-electron chi connectivity index (χ2n) is 6.03. The monoisotopic (exact) mass is 233 g/mol. The number of aromatic nitrogens is 1. The number of pyridine rings is 1. The molecular formula is C14H23N3. The van der Waals surface area contributed by atoms with Crippen LogP contribution in [0.2, 0.25) is 0 Å². The molecule has 0 aromatic carbocycles. The lowest BCUT2D eigenvalue weighted by atomic mass is 9.80. The molecule has 1 saturated heterocycles. The molecule has 0 saturated carbocycles. The number of rotatable bonds is 2. The number of hydrogen-bond donors (Lipinski definition) is 1. The van der Waals surface area contributed by atoms with Crippen molar-refractivity contribution in [1.82, 2.24) is 4.98 Å². The van der Waals surface area contributed by atoms with E-state index in [4.69, 9.17) is 5.73 Å². The van der Waals surface area contributed by atoms with Crippen LogP contribution in [0.5, 0.6) is 0 Å². The Bertz CT molecular complexity index is 364. The van der Waals surface area contributed by atoms with Gasteiger partial charge < -0.3 is 10.6 Å². The fraction of sp³-hybridized carbons (Fsp3) is 0.643. The third-order valence-corrected chi connectivity index (χ3v) is 3.78. The van der Waals surface area contributed by atoms with E-state index in [0.29, 0.717) is 12.0 Å². The lowest BCUT2D eigenvalue weighted by Gasteiger charge is -2.27. The first-order valence-corrected chi connectivity index (χ1v) is 6.40. The fourth-order valence-corrected chi connectivity index (χ4v) is 2.40. The van der Waals surface area contributed by atoms with Crippen LogP contribution >= 0.6 is 0 Å². The minimum absolute atomic E-state index is 0.395. The predicted molar refractivity (Wildman–Crippen MR) is 71.9 cm³/mol. The van der Waals surface area contributed by atoms with Crippen molar-refractivity contribution in [3.63, 3.8) is 0 Å². The summed E-state index contributed by atoms with van der Waals surface area (Å²) in [7, 11) is 0. The highest BCUT2D eigenvalue weighted by Crippen LogP contribution is 2.34. The van der Waals surface area contributed by atoms with Gasteiger partial charge in [-0.05, 0) is 29.4 Å². The molecule has 3 nitrogen and oxygen atoms in total. The van der Waals surface area contributed by atoms with Crippen LogP contribution in [0.15, 0.2) is 18.3 Å². The Labute approximate surface area is 104 Å². The number of nitrogens with two attached hydrogens (primary N) is 1. The molecule has 3 heteroatoms. The summed E-state index contributed by atoms with van der Waals surface area (Å²) in [6, 6.07) is 4.17. The lowest BCUT2D eigenvalue weighted by Crippen LogP contribution is -2.26. The van der Waals surface area contributed by atoms with Crippen LogP contribution in [0.1, 0.15) is 32.8 Å². The van der Waals surface area contributed by atoms with Gasteiger partial charge in [-0.3, -0.25) is 0 Å². The molecule has 0 amide bonds. The van der Waals surface area contributed by atoms with E-state index in [0.717, 1.165) is 30.4 Å². The minimum Gasteiger partial charge on any atom is -0.356 e. The van der Waals surface area contributed by atoms with Gasteiger partial charge in [0.15, 0.2) is 0 Å². The first-order chi connectivity index (χ1) is 8.00. The van der Waals surface area contributed by atoms with E-state index in [1.54, 1.807) is 0 Å². The topological polar surface area (TPSA) is 42.1 Å². The fourth-order valence-electron chi connectivity index (χ4n) is 2.40. The number of anilines is 1. The van der Waals surface area contributed by atoms with Crippen LogP contribution < -0.4 is 10.6 Å². The minimum atomic E-state index is 0.395. The van der Waals surface area contributed by atoms with Gasteiger partial charge in [0, 0.05) is 25.8 Å². The van der Waals surface area contributed by atoms with E-state index in [-0.39, 0.29) is 0 Å². The molecule has 1 aromatic rings. The van der Waals surface area contributed by atoms with Gasteiger partial charge >= 0.3 is 0 Å². The maximum atomic E-state index is 5.58. The SMILES string of the molecule is CC(C)(C)C1CCN(c2ccc(CN)cn2)C1. The molecular weight excluding hydrogens is 210 g/mol. The molecule has 1 fully saturated rings. The summed E-state index contributed by atoms with van der Waals surface area (Å²) in [5, 5.41) is 0. The molecule has 2 heterocycles. The number of nitrogens with zero attached hydrogens (tertiary/aromatic N) is 2. The first-order valence-electron chi connectivity index (χ1n) is 6.40. The van der Waals surface area contributed by atoms with E-state index in [1.807, 2.05) is 6.20 Å². The van der Waals surface area contributed by atoms with Gasteiger partial charge in [-0.1, -0.05) is 26.8 Å². The average Bonchev–Trinajstić information content (AvgIpc) is 2.78. The Morgan fingerprint density at radius 2 is 2.18 bits per heavy atom. The van der Waals surface area contributed by atoms with E-state index in [1.165, 1.54) is 6.42 Å². The molecule has 94 valence electrons. The van der Waals surface area contributed by atoms with Crippen molar-refractivity contribution in [2.45, 2.75) is 33.7 Å². The van der Waals surface area contributed by atoms with Gasteiger partial charge in [0.1, 0.15) is 5.82 Å². The second-order valence-corrected chi connectivity index (χ2v) is 6.03. The Balaban J connectivity index is 2.05. The van der Waals surface area contributed by atoms with Gasteiger partial charge in [-0.15, -0.1) is 0 Å². The van der Waals surface area contributed by atoms with E-state index >= 15 is 0 Å². The zero-order chi connectivity index (χ0) is 12.5. The van der Waals surface area contributed by atoms with Crippen molar-refractivity contribution in [3.8, 4) is 0 Å². The van der Waals surface area contributed by atoms with E-state index < -0.39 is 0 Å². The van der Waals surface area contributed by atoms with Crippen molar-refractivity contribution < 1.29 is 0 Å². The molecule has 17 heavy (non-hydrogen) atoms. The van der Waals surface area contributed by atoms with Crippen LogP contribution in [0, 0.1) is 11.3 Å². The normalized spacial score (nSPS) is 20.9. The smallest absolute Gasteiger partial charge is 0.128 e. The second kappa shape index (κ2) is 4.65. The largest absolute Gasteiger partial charge is 0.356 e. The van der Waals surface area contributed by atoms with Crippen molar-refractivity contribution in [3.05, 3.63) is 23.9 Å². The Morgan fingerprint density at radius 1 is 1.41 bits per heavy atom. The standard InChI is InChI=1S/C14H23N3/c1-14(2,3)12-6-7-17(10-12)13-5-4-11(8-15)9-16-13/h4-5,9,12H,6-8,10,15H2,1-3H3. The Hall–Kier alpha value is -1.09. The zero-order valence-corrected chi connectivity index (χ0v) is 11.1. The van der Waals surface area contributed by atoms with Gasteiger partial charge in [0.2, 0.25) is 0 Å². The maximum absolute atomic E-state index is 5.58. The van der Waals surface area contributed by atoms with Crippen LogP contribution in [0.3, 0.4) is 0 Å². The van der Waals surface area contributed by atoms with Crippen LogP contribution in [0.25, 0.3) is 0 Å². The summed E-state index contributed by atoms with van der Waals surface area (Å²) in [6.07, 6.45) is 3.16. The summed E-state index contributed by atoms with van der Waals surface area (Å²) in [5.74, 6) is 1.85. The Morgan fingerprint density at radius 3 is 2.65 bits per heavy atom. The van der Waals surface area contributed by atoms with Gasteiger partial charge in [-0.2, -0.15) is 0 Å². The molecule has 0 radical (unpaired) electrons. The van der Waals surface area contributed by atoms with Gasteiger partial charge in [-0.25, -0.2) is 4.98 Å². The third-order valence-electron chi connectivity index (χ3n) is 3.78. The molecule has 2 N–H and O–H groups in total. The van der Waals surface area contributed by atoms with Crippen molar-refractivity contribution in [1.29, 1.82) is 0 Å². The summed E-state index contributed by atoms with van der Waals surface area (Å²) < 4.78 is 0. The van der Waals surface area contributed by atoms with Crippen LogP contribution in [-0.2, 0) is 6.54 Å². The molecule has 0 spiro atoms. The van der Waals surface area contributed by atoms with Crippen molar-refractivity contribution >= 4 is 5.82 Å². The summed E-state index contributed by atoms with van der Waals surface area (Å²) >= 11 is 0. The van der Waals surface area contributed by atoms with Gasteiger partial charge in [0.05, 0.1) is 0 Å². The van der Waals surface area contributed by atoms with E-state index in [9.17, 15) is 0 Å². The zero-order valence-electron chi connectivity index (χ0n) is 11.1. The molecule has 1 unspecified atom stereocenters. The quantitative estimate of drug-likeness (QED) is 0.853. The Kier molecular flexibility index (Phi) is 3.38. The summed E-state index contributed by atoms with van der Waals surface area (Å²) in [5.41, 5.74) is 7.07. The maximum Gasteiger partial charge on any atom is 0.128 e. The molecule has 2 rings (SSSR count). The van der Waals surface area contributed by atoms with Crippen LogP contribution in [0.4, 0.5) is 5.82 Å². The molecule has 0 aliphatic carbocycles. The molecule has 1 atom stereocenters. The van der Waals surface area contributed by atoms with Crippen molar-refractivity contribution in [2.75, 3.05) is 18.0 Å². The summed E-state index contributed by atoms with van der Waals surface area (Å²) in [4.78, 5) is 6.88. The molecule has 0 bridgehead atoms. The van der Waals surface area contributed by atoms with E-state index in [2.05, 4.69) is 42.8 Å². The van der Waals surface area contributed by atoms with Crippen molar-refractivity contribution in [2.24, 2.45) is 17.1 Å². The highest BCUT2D eigenvalue weighted by Gasteiger charge is 2.32. The van der Waals surface area contributed by atoms with Crippen LogP contribution in [-0.4, -0.2) is 18.1 Å². The average molecular weight is 233 g/mol. The number of hydrogen-bond acceptors (Lipinski definition) is 3.